The van der Waals surface area contributed by atoms with Gasteiger partial charge < -0.3 is 0 Å². The van der Waals surface area contributed by atoms with Crippen LogP contribution in [0.15, 0.2) is 29.2 Å². The zero-order chi connectivity index (χ0) is 18.9. The second-order valence-electron chi connectivity index (χ2n) is 8.79. The van der Waals surface area contributed by atoms with Crippen LogP contribution < -0.4 is 0 Å². The molecular weight excluding hydrogens is 352 g/mol. The minimum Gasteiger partial charge on any atom is -0.207 e. The molecule has 0 N–H and O–H groups in total. The van der Waals surface area contributed by atoms with Crippen LogP contribution in [0.1, 0.15) is 65.9 Å². The Labute approximate surface area is 158 Å². The Morgan fingerprint density at radius 1 is 0.880 bits per heavy atom. The standard InChI is InChI=1S/C21H33ClO2S/c1-13(2)16-11-18(14(3)4)21(19(12-16)15(5)6)17-9-7-8-10-20(17)25(22,23)24/h7-10,13-16,18-19,21H,11-12H2,1-6H3. The summed E-state index contributed by atoms with van der Waals surface area (Å²) >= 11 is 0. The molecule has 0 aliphatic heterocycles. The molecule has 2 atom stereocenters. The normalized spacial score (nSPS) is 28.1. The number of hydrogen-bond donors (Lipinski definition) is 0. The van der Waals surface area contributed by atoms with Gasteiger partial charge in [-0.15, -0.1) is 0 Å². The Morgan fingerprint density at radius 3 is 1.76 bits per heavy atom. The molecular formula is C21H33ClO2S. The van der Waals surface area contributed by atoms with Crippen molar-refractivity contribution in [1.29, 1.82) is 0 Å². The van der Waals surface area contributed by atoms with Gasteiger partial charge in [-0.25, -0.2) is 8.42 Å². The summed E-state index contributed by atoms with van der Waals surface area (Å²) in [5.41, 5.74) is 0.928. The maximum absolute atomic E-state index is 12.2. The summed E-state index contributed by atoms with van der Waals surface area (Å²) in [6.07, 6.45) is 2.33. The molecule has 25 heavy (non-hydrogen) atoms. The minimum absolute atomic E-state index is 0.250. The lowest BCUT2D eigenvalue weighted by Gasteiger charge is -2.47. The second-order valence-corrected chi connectivity index (χ2v) is 11.3. The van der Waals surface area contributed by atoms with Crippen molar-refractivity contribution in [3.63, 3.8) is 0 Å². The monoisotopic (exact) mass is 384 g/mol. The number of benzene rings is 1. The molecule has 0 amide bonds. The van der Waals surface area contributed by atoms with Crippen LogP contribution in [-0.2, 0) is 9.05 Å². The fraction of sp³-hybridized carbons (Fsp3) is 0.714. The Hall–Kier alpha value is -0.540. The van der Waals surface area contributed by atoms with Crippen LogP contribution in [-0.4, -0.2) is 8.42 Å². The summed E-state index contributed by atoms with van der Waals surface area (Å²) < 4.78 is 24.4. The van der Waals surface area contributed by atoms with Gasteiger partial charge in [-0.1, -0.05) is 59.7 Å². The molecule has 2 rings (SSSR count). The molecule has 1 aromatic rings. The van der Waals surface area contributed by atoms with Gasteiger partial charge in [0, 0.05) is 10.7 Å². The van der Waals surface area contributed by atoms with Gasteiger partial charge in [-0.3, -0.25) is 0 Å². The summed E-state index contributed by atoms with van der Waals surface area (Å²) in [6.45, 7) is 13.7. The summed E-state index contributed by atoms with van der Waals surface area (Å²) in [5.74, 6) is 3.60. The lowest BCUT2D eigenvalue weighted by molar-refractivity contribution is 0.0721. The number of hydrogen-bond acceptors (Lipinski definition) is 2. The van der Waals surface area contributed by atoms with Crippen molar-refractivity contribution in [1.82, 2.24) is 0 Å². The van der Waals surface area contributed by atoms with E-state index >= 15 is 0 Å². The minimum atomic E-state index is -3.74. The van der Waals surface area contributed by atoms with E-state index < -0.39 is 9.05 Å². The third kappa shape index (κ3) is 4.60. The zero-order valence-electron chi connectivity index (χ0n) is 16.4. The highest BCUT2D eigenvalue weighted by atomic mass is 35.7. The SMILES string of the molecule is CC(C)C1CC(C(C)C)C(c2ccccc2S(=O)(=O)Cl)C(C(C)C)C1. The Kier molecular flexibility index (Phi) is 6.65. The van der Waals surface area contributed by atoms with Crippen LogP contribution in [0.3, 0.4) is 0 Å². The van der Waals surface area contributed by atoms with E-state index in [2.05, 4.69) is 41.5 Å². The maximum atomic E-state index is 12.2. The molecule has 1 aliphatic carbocycles. The fourth-order valence-corrected chi connectivity index (χ4v) is 5.91. The zero-order valence-corrected chi connectivity index (χ0v) is 17.9. The summed E-state index contributed by atoms with van der Waals surface area (Å²) in [6, 6.07) is 7.37. The van der Waals surface area contributed by atoms with Crippen molar-refractivity contribution in [2.24, 2.45) is 35.5 Å². The van der Waals surface area contributed by atoms with Gasteiger partial charge >= 0.3 is 0 Å². The maximum Gasteiger partial charge on any atom is 0.261 e. The van der Waals surface area contributed by atoms with Crippen LogP contribution in [0.4, 0.5) is 0 Å². The molecule has 0 saturated heterocycles. The van der Waals surface area contributed by atoms with Gasteiger partial charge in [0.15, 0.2) is 0 Å². The molecule has 1 aromatic carbocycles. The molecule has 4 heteroatoms. The molecule has 2 nitrogen and oxygen atoms in total. The number of rotatable bonds is 5. The van der Waals surface area contributed by atoms with Gasteiger partial charge in [0.2, 0.25) is 0 Å². The van der Waals surface area contributed by atoms with E-state index in [4.69, 9.17) is 10.7 Å². The Bertz CT molecular complexity index is 661. The van der Waals surface area contributed by atoms with Crippen molar-refractivity contribution in [3.8, 4) is 0 Å². The molecule has 1 fully saturated rings. The first-order valence-corrected chi connectivity index (χ1v) is 11.9. The molecule has 0 aromatic heterocycles. The van der Waals surface area contributed by atoms with Crippen LogP contribution in [0.2, 0.25) is 0 Å². The average Bonchev–Trinajstić information content (AvgIpc) is 2.52. The van der Waals surface area contributed by atoms with Crippen molar-refractivity contribution in [2.45, 2.75) is 65.2 Å². The summed E-state index contributed by atoms with van der Waals surface area (Å²) in [5, 5.41) is 0. The molecule has 1 aliphatic rings. The Balaban J connectivity index is 2.59. The third-order valence-electron chi connectivity index (χ3n) is 6.27. The first-order chi connectivity index (χ1) is 11.5. The van der Waals surface area contributed by atoms with Gasteiger partial charge in [0.1, 0.15) is 0 Å². The lowest BCUT2D eigenvalue weighted by atomic mass is 9.58. The van der Waals surface area contributed by atoms with Crippen LogP contribution in [0.5, 0.6) is 0 Å². The quantitative estimate of drug-likeness (QED) is 0.557. The first kappa shape index (κ1) is 20.8. The van der Waals surface area contributed by atoms with Crippen LogP contribution in [0.25, 0.3) is 0 Å². The first-order valence-electron chi connectivity index (χ1n) is 9.57. The molecule has 142 valence electrons. The van der Waals surface area contributed by atoms with E-state index in [1.165, 1.54) is 12.8 Å². The molecule has 0 bridgehead atoms. The topological polar surface area (TPSA) is 34.1 Å². The highest BCUT2D eigenvalue weighted by Crippen LogP contribution is 2.52. The van der Waals surface area contributed by atoms with E-state index in [-0.39, 0.29) is 5.92 Å². The molecule has 0 spiro atoms. The average molecular weight is 385 g/mol. The second kappa shape index (κ2) is 8.00. The molecule has 0 radical (unpaired) electrons. The van der Waals surface area contributed by atoms with E-state index in [0.29, 0.717) is 40.4 Å². The van der Waals surface area contributed by atoms with Gasteiger partial charge in [0.25, 0.3) is 9.05 Å². The fourth-order valence-electron chi connectivity index (χ4n) is 4.76. The van der Waals surface area contributed by atoms with Gasteiger partial charge in [-0.2, -0.15) is 0 Å². The third-order valence-corrected chi connectivity index (χ3v) is 7.66. The predicted octanol–water partition coefficient (Wildman–Crippen LogP) is 6.31. The summed E-state index contributed by atoms with van der Waals surface area (Å²) in [4.78, 5) is 0.306. The van der Waals surface area contributed by atoms with Crippen LogP contribution in [0, 0.1) is 35.5 Å². The van der Waals surface area contributed by atoms with E-state index in [0.717, 1.165) is 5.56 Å². The largest absolute Gasteiger partial charge is 0.261 e. The van der Waals surface area contributed by atoms with E-state index in [1.54, 1.807) is 12.1 Å². The molecule has 0 heterocycles. The predicted molar refractivity (Wildman–Crippen MR) is 106 cm³/mol. The van der Waals surface area contributed by atoms with Crippen molar-refractivity contribution >= 4 is 19.7 Å². The highest BCUT2D eigenvalue weighted by Gasteiger charge is 2.43. The van der Waals surface area contributed by atoms with E-state index in [1.807, 2.05) is 12.1 Å². The van der Waals surface area contributed by atoms with Crippen molar-refractivity contribution < 1.29 is 8.42 Å². The van der Waals surface area contributed by atoms with Crippen molar-refractivity contribution in [3.05, 3.63) is 29.8 Å². The smallest absolute Gasteiger partial charge is 0.207 e. The van der Waals surface area contributed by atoms with Gasteiger partial charge in [-0.05, 0) is 65.9 Å². The van der Waals surface area contributed by atoms with Gasteiger partial charge in [0.05, 0.1) is 4.90 Å². The molecule has 2 unspecified atom stereocenters. The lowest BCUT2D eigenvalue weighted by Crippen LogP contribution is -2.38. The van der Waals surface area contributed by atoms with Crippen molar-refractivity contribution in [2.75, 3.05) is 0 Å². The summed E-state index contributed by atoms with van der Waals surface area (Å²) in [7, 11) is 2.05. The Morgan fingerprint density at radius 2 is 1.36 bits per heavy atom. The number of halogens is 1. The van der Waals surface area contributed by atoms with Crippen LogP contribution >= 0.6 is 10.7 Å². The highest BCUT2D eigenvalue weighted by molar-refractivity contribution is 8.13. The molecule has 1 saturated carbocycles. The van der Waals surface area contributed by atoms with E-state index in [9.17, 15) is 8.42 Å².